The van der Waals surface area contributed by atoms with E-state index in [0.29, 0.717) is 22.1 Å². The molecule has 0 aromatic heterocycles. The molecule has 5 nitrogen and oxygen atoms in total. The van der Waals surface area contributed by atoms with E-state index >= 15 is 0 Å². The molecule has 2 N–H and O–H groups in total. The molecule has 2 rings (SSSR count). The summed E-state index contributed by atoms with van der Waals surface area (Å²) in [7, 11) is 2.95. The van der Waals surface area contributed by atoms with Crippen molar-refractivity contribution in [3.05, 3.63) is 41.1 Å². The number of ether oxygens (including phenoxy) is 2. The highest BCUT2D eigenvalue weighted by Crippen LogP contribution is 2.33. The Bertz CT molecular complexity index is 584. The summed E-state index contributed by atoms with van der Waals surface area (Å²) in [6.07, 6.45) is 0. The van der Waals surface area contributed by atoms with E-state index in [1.165, 1.54) is 7.11 Å². The zero-order chi connectivity index (χ0) is 14.7. The molecule has 0 bridgehead atoms. The van der Waals surface area contributed by atoms with Crippen molar-refractivity contribution in [2.45, 2.75) is 13.0 Å². The normalized spacial score (nSPS) is 18.1. The first-order chi connectivity index (χ1) is 9.58. The quantitative estimate of drug-likeness (QED) is 0.653. The molecule has 0 spiro atoms. The number of methoxy groups -OCH3 is 2. The van der Waals surface area contributed by atoms with Gasteiger partial charge in [0, 0.05) is 11.3 Å². The van der Waals surface area contributed by atoms with Crippen LogP contribution in [-0.2, 0) is 9.53 Å². The highest BCUT2D eigenvalue weighted by molar-refractivity contribution is 7.80. The molecular formula is C14H16N2O3S. The molecule has 0 radical (unpaired) electrons. The molecule has 0 saturated carbocycles. The lowest BCUT2D eigenvalue weighted by molar-refractivity contribution is -0.136. The summed E-state index contributed by atoms with van der Waals surface area (Å²) in [4.78, 5) is 12.0. The van der Waals surface area contributed by atoms with Crippen LogP contribution in [0.1, 0.15) is 18.5 Å². The number of carbonyl (C=O) groups is 1. The lowest BCUT2D eigenvalue weighted by Crippen LogP contribution is -2.45. The van der Waals surface area contributed by atoms with Crippen LogP contribution in [0.3, 0.4) is 0 Å². The van der Waals surface area contributed by atoms with E-state index in [9.17, 15) is 4.79 Å². The third kappa shape index (κ3) is 2.60. The van der Waals surface area contributed by atoms with Gasteiger partial charge in [-0.2, -0.15) is 0 Å². The molecule has 6 heteroatoms. The van der Waals surface area contributed by atoms with Gasteiger partial charge in [-0.05, 0) is 25.2 Å². The van der Waals surface area contributed by atoms with Crippen molar-refractivity contribution in [3.63, 3.8) is 0 Å². The number of hydrogen-bond acceptors (Lipinski definition) is 4. The molecule has 1 aromatic rings. The Labute approximate surface area is 123 Å². The number of thiocarbonyl (C=S) groups is 1. The van der Waals surface area contributed by atoms with Crippen molar-refractivity contribution in [3.8, 4) is 5.75 Å². The molecule has 1 aliphatic rings. The fraction of sp³-hybridized carbons (Fsp3) is 0.286. The fourth-order valence-corrected chi connectivity index (χ4v) is 2.48. The van der Waals surface area contributed by atoms with Crippen LogP contribution in [-0.4, -0.2) is 25.3 Å². The first-order valence-corrected chi connectivity index (χ1v) is 6.48. The van der Waals surface area contributed by atoms with Crippen molar-refractivity contribution in [1.29, 1.82) is 0 Å². The molecule has 1 atom stereocenters. The fourth-order valence-electron chi connectivity index (χ4n) is 2.21. The van der Waals surface area contributed by atoms with Gasteiger partial charge in [0.05, 0.1) is 25.8 Å². The van der Waals surface area contributed by atoms with E-state index in [1.807, 2.05) is 24.3 Å². The predicted octanol–water partition coefficient (Wildman–Crippen LogP) is 1.66. The zero-order valence-corrected chi connectivity index (χ0v) is 12.3. The minimum Gasteiger partial charge on any atom is -0.496 e. The Morgan fingerprint density at radius 2 is 2.00 bits per heavy atom. The van der Waals surface area contributed by atoms with Crippen LogP contribution in [0.25, 0.3) is 0 Å². The highest BCUT2D eigenvalue weighted by atomic mass is 32.1. The third-order valence-corrected chi connectivity index (χ3v) is 3.34. The number of rotatable bonds is 3. The minimum absolute atomic E-state index is 0.396. The zero-order valence-electron chi connectivity index (χ0n) is 11.5. The standard InChI is InChI=1S/C14H16N2O3S/c1-8-11(13(17)19-3)12(16-14(20)15-8)9-6-4-5-7-10(9)18-2/h4-7,12H,1-3H3,(H2,15,16,20)/t12-/m0/s1. The first kappa shape index (κ1) is 14.3. The van der Waals surface area contributed by atoms with Gasteiger partial charge in [-0.15, -0.1) is 0 Å². The van der Waals surface area contributed by atoms with Crippen molar-refractivity contribution in [2.75, 3.05) is 14.2 Å². The molecule has 0 saturated heterocycles. The van der Waals surface area contributed by atoms with Crippen LogP contribution in [0.5, 0.6) is 5.75 Å². The van der Waals surface area contributed by atoms with Crippen LogP contribution in [0.15, 0.2) is 35.5 Å². The molecule has 0 aliphatic carbocycles. The first-order valence-electron chi connectivity index (χ1n) is 6.08. The van der Waals surface area contributed by atoms with Crippen LogP contribution in [0, 0.1) is 0 Å². The number of carbonyl (C=O) groups excluding carboxylic acids is 1. The van der Waals surface area contributed by atoms with Gasteiger partial charge in [-0.3, -0.25) is 0 Å². The Morgan fingerprint density at radius 3 is 2.65 bits per heavy atom. The van der Waals surface area contributed by atoms with Gasteiger partial charge >= 0.3 is 5.97 Å². The predicted molar refractivity (Wildman–Crippen MR) is 79.3 cm³/mol. The summed E-state index contributed by atoms with van der Waals surface area (Å²) in [6, 6.07) is 7.09. The van der Waals surface area contributed by atoms with Crippen LogP contribution in [0.4, 0.5) is 0 Å². The van der Waals surface area contributed by atoms with Crippen LogP contribution >= 0.6 is 12.2 Å². The van der Waals surface area contributed by atoms with Gasteiger partial charge in [-0.25, -0.2) is 4.79 Å². The lowest BCUT2D eigenvalue weighted by Gasteiger charge is -2.30. The van der Waals surface area contributed by atoms with Crippen LogP contribution in [0.2, 0.25) is 0 Å². The van der Waals surface area contributed by atoms with Gasteiger partial charge in [-0.1, -0.05) is 18.2 Å². The Morgan fingerprint density at radius 1 is 1.30 bits per heavy atom. The van der Waals surface area contributed by atoms with Gasteiger partial charge in [0.1, 0.15) is 5.75 Å². The molecule has 20 heavy (non-hydrogen) atoms. The van der Waals surface area contributed by atoms with Gasteiger partial charge in [0.2, 0.25) is 0 Å². The summed E-state index contributed by atoms with van der Waals surface area (Å²) in [5.74, 6) is 0.282. The second-order valence-electron chi connectivity index (χ2n) is 4.30. The largest absolute Gasteiger partial charge is 0.496 e. The summed E-state index contributed by atoms with van der Waals surface area (Å²) >= 11 is 5.17. The van der Waals surface area contributed by atoms with E-state index in [0.717, 1.165) is 5.56 Å². The van der Waals surface area contributed by atoms with E-state index in [2.05, 4.69) is 10.6 Å². The maximum atomic E-state index is 12.0. The van der Waals surface area contributed by atoms with Crippen molar-refractivity contribution < 1.29 is 14.3 Å². The molecule has 1 aromatic carbocycles. The number of allylic oxidation sites excluding steroid dienone is 1. The molecule has 1 aliphatic heterocycles. The third-order valence-electron chi connectivity index (χ3n) is 3.12. The summed E-state index contributed by atoms with van der Waals surface area (Å²) in [5, 5.41) is 6.49. The average Bonchev–Trinajstić information content (AvgIpc) is 2.45. The number of esters is 1. The van der Waals surface area contributed by atoms with Crippen molar-refractivity contribution in [1.82, 2.24) is 10.6 Å². The number of benzene rings is 1. The van der Waals surface area contributed by atoms with Crippen molar-refractivity contribution in [2.24, 2.45) is 0 Å². The van der Waals surface area contributed by atoms with Gasteiger partial charge < -0.3 is 20.1 Å². The number of hydrogen-bond donors (Lipinski definition) is 2. The molecule has 0 unspecified atom stereocenters. The maximum Gasteiger partial charge on any atom is 0.337 e. The topological polar surface area (TPSA) is 59.6 Å². The second-order valence-corrected chi connectivity index (χ2v) is 4.71. The van der Waals surface area contributed by atoms with E-state index in [-0.39, 0.29) is 0 Å². The smallest absolute Gasteiger partial charge is 0.337 e. The summed E-state index contributed by atoms with van der Waals surface area (Å²) < 4.78 is 10.2. The number of nitrogens with one attached hydrogen (secondary N) is 2. The van der Waals surface area contributed by atoms with Crippen molar-refractivity contribution >= 4 is 23.3 Å². The minimum atomic E-state index is -0.402. The Hall–Kier alpha value is -2.08. The molecule has 0 fully saturated rings. The molecule has 1 heterocycles. The SMILES string of the molecule is COC(=O)C1=C(C)NC(=S)N[C@H]1c1ccccc1OC. The highest BCUT2D eigenvalue weighted by Gasteiger charge is 2.32. The molecule has 0 amide bonds. The number of para-hydroxylation sites is 1. The lowest BCUT2D eigenvalue weighted by atomic mass is 9.95. The van der Waals surface area contributed by atoms with Gasteiger partial charge in [0.15, 0.2) is 5.11 Å². The van der Waals surface area contributed by atoms with Crippen LogP contribution < -0.4 is 15.4 Å². The summed E-state index contributed by atoms with van der Waals surface area (Å²) in [6.45, 7) is 1.79. The second kappa shape index (κ2) is 5.92. The van der Waals surface area contributed by atoms with E-state index in [1.54, 1.807) is 14.0 Å². The molecule has 106 valence electrons. The molecular weight excluding hydrogens is 276 g/mol. The average molecular weight is 292 g/mol. The Kier molecular flexibility index (Phi) is 4.24. The van der Waals surface area contributed by atoms with E-state index in [4.69, 9.17) is 21.7 Å². The summed E-state index contributed by atoms with van der Waals surface area (Å²) in [5.41, 5.74) is 2.00. The Balaban J connectivity index is 2.54. The van der Waals surface area contributed by atoms with Gasteiger partial charge in [0.25, 0.3) is 0 Å². The maximum absolute atomic E-state index is 12.0. The monoisotopic (exact) mass is 292 g/mol. The van der Waals surface area contributed by atoms with E-state index < -0.39 is 12.0 Å².